The highest BCUT2D eigenvalue weighted by Crippen LogP contribution is 2.46. The Morgan fingerprint density at radius 2 is 2.43 bits per heavy atom. The normalized spacial score (nSPS) is 18.7. The molecule has 0 saturated carbocycles. The van der Waals surface area contributed by atoms with Crippen molar-refractivity contribution in [3.8, 4) is 0 Å². The van der Waals surface area contributed by atoms with E-state index in [0.29, 0.717) is 6.61 Å². The van der Waals surface area contributed by atoms with E-state index in [9.17, 15) is 0 Å². The molecule has 1 unspecified atom stereocenters. The van der Waals surface area contributed by atoms with Gasteiger partial charge in [-0.2, -0.15) is 0 Å². The molecule has 0 spiro atoms. The monoisotopic (exact) mass is 158 g/mol. The summed E-state index contributed by atoms with van der Waals surface area (Å²) in [5.74, 6) is 0. The van der Waals surface area contributed by atoms with Crippen molar-refractivity contribution in [2.45, 2.75) is 6.92 Å². The average molecular weight is 158 g/mol. The van der Waals surface area contributed by atoms with Crippen molar-refractivity contribution in [1.29, 1.82) is 0 Å². The first-order valence-electron chi connectivity index (χ1n) is 1.76. The molecule has 0 aliphatic heterocycles. The molecule has 0 aromatic rings. The van der Waals surface area contributed by atoms with Crippen molar-refractivity contribution in [3.05, 3.63) is 0 Å². The van der Waals surface area contributed by atoms with Gasteiger partial charge in [0.25, 0.3) is 0 Å². The molecule has 0 aromatic carbocycles. The van der Waals surface area contributed by atoms with Crippen LogP contribution in [0.5, 0.6) is 0 Å². The second-order valence-electron chi connectivity index (χ2n) is 0.908. The summed E-state index contributed by atoms with van der Waals surface area (Å²) in [6.07, 6.45) is 0. The Kier molecular flexibility index (Phi) is 3.45. The van der Waals surface area contributed by atoms with E-state index in [1.165, 1.54) is 0 Å². The van der Waals surface area contributed by atoms with Gasteiger partial charge < -0.3 is 9.42 Å². The second kappa shape index (κ2) is 3.05. The van der Waals surface area contributed by atoms with Gasteiger partial charge in [-0.15, -0.1) is 0 Å². The Balaban J connectivity index is 3.36. The Labute approximate surface area is 53.2 Å². The standard InChI is InChI=1S/C2H7O2PS2/c1-2-4-5(3,6)7/h2H2,1H3,(H2,3,6,7). The fourth-order valence-electron chi connectivity index (χ4n) is 0.168. The van der Waals surface area contributed by atoms with Crippen LogP contribution in [0.3, 0.4) is 0 Å². The fraction of sp³-hybridized carbons (Fsp3) is 1.00. The predicted octanol–water partition coefficient (Wildman–Crippen LogP) is 1.17. The maximum atomic E-state index is 8.59. The van der Waals surface area contributed by atoms with Crippen LogP contribution in [0.4, 0.5) is 0 Å². The van der Waals surface area contributed by atoms with Gasteiger partial charge in [-0.1, -0.05) is 12.2 Å². The molecule has 1 N–H and O–H groups in total. The van der Waals surface area contributed by atoms with Crippen molar-refractivity contribution in [3.63, 3.8) is 0 Å². The summed E-state index contributed by atoms with van der Waals surface area (Å²) in [6, 6.07) is 0. The van der Waals surface area contributed by atoms with Gasteiger partial charge in [-0.3, -0.25) is 0 Å². The van der Waals surface area contributed by atoms with E-state index >= 15 is 0 Å². The highest BCUT2D eigenvalue weighted by molar-refractivity contribution is 8.59. The first kappa shape index (κ1) is 7.92. The van der Waals surface area contributed by atoms with Crippen LogP contribution in [0.2, 0.25) is 0 Å². The van der Waals surface area contributed by atoms with Gasteiger partial charge in [-0.05, 0) is 18.7 Å². The average Bonchev–Trinajstić information content (AvgIpc) is 1.30. The van der Waals surface area contributed by atoms with Crippen molar-refractivity contribution >= 4 is 29.7 Å². The summed E-state index contributed by atoms with van der Waals surface area (Å²) in [7, 11) is 0. The van der Waals surface area contributed by atoms with Crippen molar-refractivity contribution in [2.24, 2.45) is 0 Å². The van der Waals surface area contributed by atoms with Gasteiger partial charge in [-0.25, -0.2) is 0 Å². The van der Waals surface area contributed by atoms with E-state index in [4.69, 9.17) is 4.89 Å². The lowest BCUT2D eigenvalue weighted by molar-refractivity contribution is 0.341. The molecule has 0 bridgehead atoms. The molecule has 0 saturated heterocycles. The first-order valence-corrected chi connectivity index (χ1v) is 5.59. The van der Waals surface area contributed by atoms with Gasteiger partial charge in [0.1, 0.15) is 0 Å². The maximum absolute atomic E-state index is 8.59. The maximum Gasteiger partial charge on any atom is 0.241 e. The molecule has 0 fully saturated rings. The molecule has 7 heavy (non-hydrogen) atoms. The van der Waals surface area contributed by atoms with E-state index in [0.717, 1.165) is 0 Å². The zero-order valence-corrected chi connectivity index (χ0v) is 6.47. The number of thiol groups is 1. The highest BCUT2D eigenvalue weighted by atomic mass is 32.9. The van der Waals surface area contributed by atoms with Crippen LogP contribution in [-0.2, 0) is 16.3 Å². The topological polar surface area (TPSA) is 29.5 Å². The number of rotatable bonds is 2. The van der Waals surface area contributed by atoms with E-state index < -0.39 is 5.69 Å². The minimum atomic E-state index is -2.64. The van der Waals surface area contributed by atoms with E-state index in [1.54, 1.807) is 6.92 Å². The minimum Gasteiger partial charge on any atom is -0.338 e. The lowest BCUT2D eigenvalue weighted by Gasteiger charge is -2.03. The quantitative estimate of drug-likeness (QED) is 0.467. The molecule has 0 aliphatic rings. The molecule has 0 aromatic heterocycles. The summed E-state index contributed by atoms with van der Waals surface area (Å²) in [5, 5.41) is 0. The summed E-state index contributed by atoms with van der Waals surface area (Å²) in [5.41, 5.74) is -2.64. The Morgan fingerprint density at radius 3 is 2.43 bits per heavy atom. The number of hydrogen-bond donors (Lipinski definition) is 2. The van der Waals surface area contributed by atoms with Gasteiger partial charge in [0.2, 0.25) is 5.69 Å². The van der Waals surface area contributed by atoms with Crippen LogP contribution in [0.25, 0.3) is 0 Å². The van der Waals surface area contributed by atoms with E-state index in [1.807, 2.05) is 0 Å². The Hall–Kier alpha value is 0.920. The summed E-state index contributed by atoms with van der Waals surface area (Å²) in [6.45, 7) is 2.19. The molecule has 5 heteroatoms. The van der Waals surface area contributed by atoms with E-state index in [-0.39, 0.29) is 0 Å². The molecule has 0 heterocycles. The minimum absolute atomic E-state index is 0.428. The van der Waals surface area contributed by atoms with Crippen LogP contribution in [-0.4, -0.2) is 11.5 Å². The van der Waals surface area contributed by atoms with Crippen molar-refractivity contribution in [1.82, 2.24) is 0 Å². The van der Waals surface area contributed by atoms with Crippen LogP contribution >= 0.6 is 17.9 Å². The molecule has 0 aliphatic carbocycles. The smallest absolute Gasteiger partial charge is 0.241 e. The van der Waals surface area contributed by atoms with E-state index in [2.05, 4.69) is 28.6 Å². The molecule has 0 radical (unpaired) electrons. The Bertz CT molecular complexity index is 87.7. The molecule has 2 nitrogen and oxygen atoms in total. The molecule has 1 atom stereocenters. The summed E-state index contributed by atoms with van der Waals surface area (Å²) in [4.78, 5) is 8.59. The highest BCUT2D eigenvalue weighted by Gasteiger charge is 2.01. The summed E-state index contributed by atoms with van der Waals surface area (Å²) < 4.78 is 4.57. The zero-order valence-electron chi connectivity index (χ0n) is 3.87. The third-order valence-electron chi connectivity index (χ3n) is 0.297. The largest absolute Gasteiger partial charge is 0.338 e. The van der Waals surface area contributed by atoms with Crippen LogP contribution in [0, 0.1) is 0 Å². The lowest BCUT2D eigenvalue weighted by Crippen LogP contribution is -1.78. The molecular formula is C2H7O2PS2. The van der Waals surface area contributed by atoms with Crippen LogP contribution < -0.4 is 0 Å². The van der Waals surface area contributed by atoms with Crippen LogP contribution in [0.15, 0.2) is 0 Å². The van der Waals surface area contributed by atoms with Gasteiger partial charge in [0.15, 0.2) is 0 Å². The van der Waals surface area contributed by atoms with Crippen LogP contribution in [0.1, 0.15) is 6.92 Å². The number of hydrogen-bond acceptors (Lipinski definition) is 2. The third-order valence-corrected chi connectivity index (χ3v) is 1.55. The third kappa shape index (κ3) is 6.92. The molecule has 44 valence electrons. The van der Waals surface area contributed by atoms with Gasteiger partial charge in [0.05, 0.1) is 6.61 Å². The fourth-order valence-corrected chi connectivity index (χ4v) is 1.17. The zero-order chi connectivity index (χ0) is 5.91. The van der Waals surface area contributed by atoms with Gasteiger partial charge in [0, 0.05) is 0 Å². The predicted molar refractivity (Wildman–Crippen MR) is 37.1 cm³/mol. The first-order chi connectivity index (χ1) is 3.06. The van der Waals surface area contributed by atoms with Gasteiger partial charge >= 0.3 is 0 Å². The molecular weight excluding hydrogens is 151 g/mol. The second-order valence-corrected chi connectivity index (χ2v) is 6.07. The SMILES string of the molecule is CCOP(O)(=S)S. The molecule has 0 amide bonds. The summed E-state index contributed by atoms with van der Waals surface area (Å²) >= 11 is 7.99. The lowest BCUT2D eigenvalue weighted by atomic mass is 10.9. The van der Waals surface area contributed by atoms with Crippen molar-refractivity contribution in [2.75, 3.05) is 6.61 Å². The molecule has 0 rings (SSSR count). The van der Waals surface area contributed by atoms with Crippen molar-refractivity contribution < 1.29 is 9.42 Å². The Morgan fingerprint density at radius 1 is 2.00 bits per heavy atom.